The van der Waals surface area contributed by atoms with Gasteiger partial charge in [0.05, 0.1) is 6.10 Å². The zero-order valence-electron chi connectivity index (χ0n) is 6.30. The van der Waals surface area contributed by atoms with Gasteiger partial charge in [-0.15, -0.1) is 0 Å². The average molecular weight is 128 g/mol. The Morgan fingerprint density at radius 1 is 1.11 bits per heavy atom. The van der Waals surface area contributed by atoms with Crippen LogP contribution in [0.4, 0.5) is 0 Å². The molecule has 0 aromatic rings. The molecule has 0 bridgehead atoms. The van der Waals surface area contributed by atoms with Gasteiger partial charge in [0.2, 0.25) is 0 Å². The van der Waals surface area contributed by atoms with Gasteiger partial charge in [0.25, 0.3) is 0 Å². The summed E-state index contributed by atoms with van der Waals surface area (Å²) in [6.45, 7) is 4.50. The first-order valence-electron chi connectivity index (χ1n) is 3.88. The Hall–Kier alpha value is -0.0400. The lowest BCUT2D eigenvalue weighted by Crippen LogP contribution is -2.23. The zero-order chi connectivity index (χ0) is 6.85. The van der Waals surface area contributed by atoms with Gasteiger partial charge in [-0.05, 0) is 31.1 Å². The molecule has 9 heavy (non-hydrogen) atoms. The summed E-state index contributed by atoms with van der Waals surface area (Å²) in [5, 5.41) is 9.20. The Kier molecular flexibility index (Phi) is 2.12. The Morgan fingerprint density at radius 3 is 2.22 bits per heavy atom. The molecule has 1 saturated carbocycles. The van der Waals surface area contributed by atoms with Crippen LogP contribution in [0, 0.1) is 11.8 Å². The van der Waals surface area contributed by atoms with E-state index in [0.717, 1.165) is 24.7 Å². The molecule has 0 aromatic carbocycles. The normalized spacial score (nSPS) is 45.0. The molecule has 0 heterocycles. The first-order chi connectivity index (χ1) is 4.20. The summed E-state index contributed by atoms with van der Waals surface area (Å²) < 4.78 is 0. The van der Waals surface area contributed by atoms with Crippen molar-refractivity contribution in [3.05, 3.63) is 0 Å². The summed E-state index contributed by atoms with van der Waals surface area (Å²) in [7, 11) is 0. The topological polar surface area (TPSA) is 20.2 Å². The maximum Gasteiger partial charge on any atom is 0.0543 e. The molecular weight excluding hydrogens is 112 g/mol. The summed E-state index contributed by atoms with van der Waals surface area (Å²) in [6, 6.07) is 0. The minimum absolute atomic E-state index is 0.00352. The molecule has 1 unspecified atom stereocenters. The lowest BCUT2D eigenvalue weighted by molar-refractivity contribution is 0.0807. The fraction of sp³-hybridized carbons (Fsp3) is 1.00. The minimum Gasteiger partial charge on any atom is -0.393 e. The van der Waals surface area contributed by atoms with Crippen LogP contribution in [0.15, 0.2) is 0 Å². The molecule has 0 aliphatic heterocycles. The molecule has 0 radical (unpaired) electrons. The molecule has 0 saturated heterocycles. The molecule has 0 aromatic heterocycles. The number of aliphatic hydroxyl groups is 1. The van der Waals surface area contributed by atoms with Crippen LogP contribution in [-0.4, -0.2) is 11.2 Å². The van der Waals surface area contributed by atoms with Gasteiger partial charge in [0.15, 0.2) is 0 Å². The SMILES string of the molecule is C[C@@H]1CCC(O)C[C@@H]1C. The molecule has 1 fully saturated rings. The fourth-order valence-corrected chi connectivity index (χ4v) is 1.52. The standard InChI is InChI=1S/C8H16O/c1-6-3-4-8(9)5-7(6)2/h6-9H,3-5H2,1-2H3/t6-,7+,8?/m1/s1. The van der Waals surface area contributed by atoms with Crippen LogP contribution in [0.25, 0.3) is 0 Å². The Morgan fingerprint density at radius 2 is 1.78 bits per heavy atom. The molecule has 54 valence electrons. The third-order valence-corrected chi connectivity index (χ3v) is 2.57. The molecule has 1 nitrogen and oxygen atoms in total. The van der Waals surface area contributed by atoms with E-state index in [2.05, 4.69) is 13.8 Å². The summed E-state index contributed by atoms with van der Waals surface area (Å²) in [5.74, 6) is 1.56. The number of aliphatic hydroxyl groups excluding tert-OH is 1. The highest BCUT2D eigenvalue weighted by Crippen LogP contribution is 2.28. The van der Waals surface area contributed by atoms with E-state index in [9.17, 15) is 5.11 Å². The molecular formula is C8H16O. The third kappa shape index (κ3) is 1.68. The second-order valence-electron chi connectivity index (χ2n) is 3.42. The second-order valence-corrected chi connectivity index (χ2v) is 3.42. The van der Waals surface area contributed by atoms with Gasteiger partial charge in [0.1, 0.15) is 0 Å². The first-order valence-corrected chi connectivity index (χ1v) is 3.88. The van der Waals surface area contributed by atoms with Gasteiger partial charge in [-0.3, -0.25) is 0 Å². The molecule has 1 aliphatic carbocycles. The van der Waals surface area contributed by atoms with E-state index in [-0.39, 0.29) is 6.10 Å². The highest BCUT2D eigenvalue weighted by Gasteiger charge is 2.22. The van der Waals surface area contributed by atoms with Crippen molar-refractivity contribution in [2.45, 2.75) is 39.2 Å². The molecule has 1 rings (SSSR count). The van der Waals surface area contributed by atoms with Crippen LogP contribution in [0.1, 0.15) is 33.1 Å². The van der Waals surface area contributed by atoms with Gasteiger partial charge in [-0.1, -0.05) is 13.8 Å². The van der Waals surface area contributed by atoms with E-state index >= 15 is 0 Å². The van der Waals surface area contributed by atoms with E-state index in [1.165, 1.54) is 6.42 Å². The first kappa shape index (κ1) is 7.07. The second kappa shape index (κ2) is 2.70. The Bertz CT molecular complexity index is 90.6. The van der Waals surface area contributed by atoms with Crippen molar-refractivity contribution in [3.63, 3.8) is 0 Å². The lowest BCUT2D eigenvalue weighted by atomic mass is 9.80. The predicted octanol–water partition coefficient (Wildman–Crippen LogP) is 1.80. The number of rotatable bonds is 0. The molecule has 0 amide bonds. The monoisotopic (exact) mass is 128 g/mol. The van der Waals surface area contributed by atoms with Crippen molar-refractivity contribution >= 4 is 0 Å². The minimum atomic E-state index is -0.00352. The maximum atomic E-state index is 9.20. The maximum absolute atomic E-state index is 9.20. The summed E-state index contributed by atoms with van der Waals surface area (Å²) in [6.07, 6.45) is 3.24. The zero-order valence-corrected chi connectivity index (χ0v) is 6.30. The van der Waals surface area contributed by atoms with Crippen molar-refractivity contribution in [3.8, 4) is 0 Å². The summed E-state index contributed by atoms with van der Waals surface area (Å²) >= 11 is 0. The van der Waals surface area contributed by atoms with Crippen molar-refractivity contribution in [2.24, 2.45) is 11.8 Å². The van der Waals surface area contributed by atoms with E-state index in [1.807, 2.05) is 0 Å². The van der Waals surface area contributed by atoms with Crippen molar-refractivity contribution in [2.75, 3.05) is 0 Å². The highest BCUT2D eigenvalue weighted by molar-refractivity contribution is 4.73. The van der Waals surface area contributed by atoms with Crippen molar-refractivity contribution < 1.29 is 5.11 Å². The smallest absolute Gasteiger partial charge is 0.0543 e. The van der Waals surface area contributed by atoms with E-state index in [1.54, 1.807) is 0 Å². The summed E-state index contributed by atoms with van der Waals surface area (Å²) in [4.78, 5) is 0. The van der Waals surface area contributed by atoms with Gasteiger partial charge < -0.3 is 5.11 Å². The van der Waals surface area contributed by atoms with Crippen LogP contribution < -0.4 is 0 Å². The van der Waals surface area contributed by atoms with Gasteiger partial charge in [-0.2, -0.15) is 0 Å². The van der Waals surface area contributed by atoms with Gasteiger partial charge in [-0.25, -0.2) is 0 Å². The largest absolute Gasteiger partial charge is 0.393 e. The van der Waals surface area contributed by atoms with Crippen molar-refractivity contribution in [1.29, 1.82) is 0 Å². The molecule has 1 heteroatoms. The molecule has 3 atom stereocenters. The summed E-state index contributed by atoms with van der Waals surface area (Å²) in [5.41, 5.74) is 0. The molecule has 1 aliphatic rings. The van der Waals surface area contributed by atoms with Crippen LogP contribution in [0.5, 0.6) is 0 Å². The van der Waals surface area contributed by atoms with Crippen LogP contribution in [-0.2, 0) is 0 Å². The molecule has 0 spiro atoms. The van der Waals surface area contributed by atoms with Crippen LogP contribution in [0.2, 0.25) is 0 Å². The van der Waals surface area contributed by atoms with Crippen molar-refractivity contribution in [1.82, 2.24) is 0 Å². The average Bonchev–Trinajstić information content (AvgIpc) is 1.80. The van der Waals surface area contributed by atoms with Crippen LogP contribution in [0.3, 0.4) is 0 Å². The quantitative estimate of drug-likeness (QED) is 0.527. The van der Waals surface area contributed by atoms with E-state index < -0.39 is 0 Å². The molecule has 1 N–H and O–H groups in total. The van der Waals surface area contributed by atoms with E-state index in [4.69, 9.17) is 0 Å². The van der Waals surface area contributed by atoms with Gasteiger partial charge in [0, 0.05) is 0 Å². The fourth-order valence-electron chi connectivity index (χ4n) is 1.52. The van der Waals surface area contributed by atoms with Gasteiger partial charge >= 0.3 is 0 Å². The number of hydrogen-bond acceptors (Lipinski definition) is 1. The Balaban J connectivity index is 2.35. The Labute approximate surface area is 57.1 Å². The van der Waals surface area contributed by atoms with E-state index in [0.29, 0.717) is 0 Å². The number of hydrogen-bond donors (Lipinski definition) is 1. The highest BCUT2D eigenvalue weighted by atomic mass is 16.3. The predicted molar refractivity (Wildman–Crippen MR) is 38.2 cm³/mol. The third-order valence-electron chi connectivity index (χ3n) is 2.57. The van der Waals surface area contributed by atoms with Crippen LogP contribution >= 0.6 is 0 Å². The lowest BCUT2D eigenvalue weighted by Gasteiger charge is -2.28.